The Bertz CT molecular complexity index is 1130. The molecule has 1 aromatic heterocycles. The maximum atomic E-state index is 12.6. The number of primary amides is 1. The van der Waals surface area contributed by atoms with E-state index in [0.717, 1.165) is 0 Å². The number of anilines is 1. The number of rotatable bonds is 6. The van der Waals surface area contributed by atoms with Crippen LogP contribution < -0.4 is 16.2 Å². The van der Waals surface area contributed by atoms with E-state index in [1.165, 1.54) is 22.8 Å². The van der Waals surface area contributed by atoms with Crippen molar-refractivity contribution in [1.29, 1.82) is 0 Å². The summed E-state index contributed by atoms with van der Waals surface area (Å²) < 4.78 is 34.1. The van der Waals surface area contributed by atoms with Crippen molar-refractivity contribution in [3.63, 3.8) is 0 Å². The Kier molecular flexibility index (Phi) is 4.56. The van der Waals surface area contributed by atoms with Crippen molar-refractivity contribution in [2.24, 2.45) is 5.73 Å². The highest BCUT2D eigenvalue weighted by atomic mass is 32.2. The second kappa shape index (κ2) is 6.68. The number of benzene rings is 2. The molecule has 0 spiro atoms. The highest BCUT2D eigenvalue weighted by molar-refractivity contribution is 7.92. The first-order valence-corrected chi connectivity index (χ1v) is 9.32. The molecule has 0 saturated carbocycles. The number of hydrogen-bond acceptors (Lipinski definition) is 5. The number of amides is 1. The minimum atomic E-state index is -3.86. The molecule has 0 aliphatic rings. The fourth-order valence-electron chi connectivity index (χ4n) is 2.62. The fourth-order valence-corrected chi connectivity index (χ4v) is 3.69. The molecule has 3 N–H and O–H groups in total. The number of nitrogens with zero attached hydrogens (tertiary/aromatic N) is 1. The van der Waals surface area contributed by atoms with Gasteiger partial charge in [-0.05, 0) is 36.8 Å². The molecule has 3 rings (SSSR count). The van der Waals surface area contributed by atoms with Crippen LogP contribution in [0.3, 0.4) is 0 Å². The summed E-state index contributed by atoms with van der Waals surface area (Å²) in [5.41, 5.74) is 6.89. The van der Waals surface area contributed by atoms with E-state index < -0.39 is 21.7 Å². The first kappa shape index (κ1) is 17.7. The predicted octanol–water partition coefficient (Wildman–Crippen LogP) is 1.44. The zero-order chi connectivity index (χ0) is 18.9. The van der Waals surface area contributed by atoms with Gasteiger partial charge in [-0.25, -0.2) is 13.2 Å². The normalized spacial score (nSPS) is 11.6. The largest absolute Gasteiger partial charge is 0.419 e. The standard InChI is InChI=1S/C17H17N3O5S/c1-2-20-14-8-7-13(10-15(14)25-17(20)22)26(23,24)19-12-5-3-11(4-6-12)9-16(18)21/h3-8,10,19H,2,9H2,1H3,(H2,18,21). The van der Waals surface area contributed by atoms with Crippen LogP contribution in [0, 0.1) is 0 Å². The van der Waals surface area contributed by atoms with E-state index in [1.807, 2.05) is 0 Å². The van der Waals surface area contributed by atoms with Crippen LogP contribution in [0.1, 0.15) is 12.5 Å². The average Bonchev–Trinajstić information content (AvgIpc) is 2.90. The lowest BCUT2D eigenvalue weighted by atomic mass is 10.1. The molecule has 0 aliphatic heterocycles. The van der Waals surface area contributed by atoms with Gasteiger partial charge in [0.15, 0.2) is 5.58 Å². The van der Waals surface area contributed by atoms with Crippen molar-refractivity contribution in [2.75, 3.05) is 4.72 Å². The summed E-state index contributed by atoms with van der Waals surface area (Å²) in [5.74, 6) is -0.998. The first-order chi connectivity index (χ1) is 12.3. The molecule has 1 heterocycles. The summed E-state index contributed by atoms with van der Waals surface area (Å²) in [4.78, 5) is 22.6. The van der Waals surface area contributed by atoms with E-state index in [9.17, 15) is 18.0 Å². The summed E-state index contributed by atoms with van der Waals surface area (Å²) in [7, 11) is -3.86. The van der Waals surface area contributed by atoms with Crippen LogP contribution in [0.2, 0.25) is 0 Å². The van der Waals surface area contributed by atoms with Gasteiger partial charge >= 0.3 is 5.76 Å². The van der Waals surface area contributed by atoms with E-state index in [0.29, 0.717) is 23.3 Å². The molecule has 0 unspecified atom stereocenters. The fraction of sp³-hybridized carbons (Fsp3) is 0.176. The van der Waals surface area contributed by atoms with Gasteiger partial charge in [-0.15, -0.1) is 0 Å². The number of aromatic nitrogens is 1. The summed E-state index contributed by atoms with van der Waals surface area (Å²) >= 11 is 0. The van der Waals surface area contributed by atoms with Crippen molar-refractivity contribution in [2.45, 2.75) is 24.8 Å². The summed E-state index contributed by atoms with van der Waals surface area (Å²) in [5, 5.41) is 0. The number of nitrogens with one attached hydrogen (secondary N) is 1. The third kappa shape index (κ3) is 3.47. The number of oxazole rings is 1. The lowest BCUT2D eigenvalue weighted by molar-refractivity contribution is -0.117. The molecule has 0 radical (unpaired) electrons. The number of hydrogen-bond donors (Lipinski definition) is 2. The number of fused-ring (bicyclic) bond motifs is 1. The smallest absolute Gasteiger partial charge is 0.408 e. The summed E-state index contributed by atoms with van der Waals surface area (Å²) in [6.07, 6.45) is 0.0805. The Morgan fingerprint density at radius 3 is 2.50 bits per heavy atom. The van der Waals surface area contributed by atoms with Gasteiger partial charge in [0.2, 0.25) is 5.91 Å². The molecule has 26 heavy (non-hydrogen) atoms. The van der Waals surface area contributed by atoms with Gasteiger partial charge in [0.05, 0.1) is 16.8 Å². The Balaban J connectivity index is 1.89. The van der Waals surface area contributed by atoms with Crippen molar-refractivity contribution in [3.05, 3.63) is 58.6 Å². The van der Waals surface area contributed by atoms with Gasteiger partial charge < -0.3 is 10.2 Å². The highest BCUT2D eigenvalue weighted by Gasteiger charge is 2.17. The van der Waals surface area contributed by atoms with Crippen LogP contribution in [-0.2, 0) is 27.8 Å². The van der Waals surface area contributed by atoms with Gasteiger partial charge in [0.1, 0.15) is 0 Å². The van der Waals surface area contributed by atoms with Crippen molar-refractivity contribution >= 4 is 32.7 Å². The third-order valence-corrected chi connectivity index (χ3v) is 5.23. The van der Waals surface area contributed by atoms with E-state index in [-0.39, 0.29) is 16.9 Å². The van der Waals surface area contributed by atoms with Gasteiger partial charge in [-0.2, -0.15) is 0 Å². The van der Waals surface area contributed by atoms with Crippen molar-refractivity contribution in [1.82, 2.24) is 4.57 Å². The molecule has 0 atom stereocenters. The Hall–Kier alpha value is -3.07. The molecule has 0 fully saturated rings. The Labute approximate surface area is 149 Å². The quantitative estimate of drug-likeness (QED) is 0.674. The van der Waals surface area contributed by atoms with Crippen LogP contribution in [-0.4, -0.2) is 18.9 Å². The molecular formula is C17H17N3O5S. The lowest BCUT2D eigenvalue weighted by Crippen LogP contribution is -2.14. The van der Waals surface area contributed by atoms with E-state index >= 15 is 0 Å². The predicted molar refractivity (Wildman–Crippen MR) is 96.3 cm³/mol. The molecular weight excluding hydrogens is 358 g/mol. The van der Waals surface area contributed by atoms with Gasteiger partial charge in [0.25, 0.3) is 10.0 Å². The van der Waals surface area contributed by atoms with E-state index in [4.69, 9.17) is 10.2 Å². The SMILES string of the molecule is CCn1c(=O)oc2cc(S(=O)(=O)Nc3ccc(CC(N)=O)cc3)ccc21. The maximum absolute atomic E-state index is 12.6. The van der Waals surface area contributed by atoms with Crippen LogP contribution in [0.4, 0.5) is 5.69 Å². The Morgan fingerprint density at radius 2 is 1.88 bits per heavy atom. The van der Waals surface area contributed by atoms with Crippen molar-refractivity contribution in [3.8, 4) is 0 Å². The zero-order valence-corrected chi connectivity index (χ0v) is 14.7. The molecule has 136 valence electrons. The number of nitrogens with two attached hydrogens (primary N) is 1. The molecule has 8 nitrogen and oxygen atoms in total. The minimum Gasteiger partial charge on any atom is -0.408 e. The average molecular weight is 375 g/mol. The maximum Gasteiger partial charge on any atom is 0.419 e. The van der Waals surface area contributed by atoms with Gasteiger partial charge in [-0.1, -0.05) is 12.1 Å². The minimum absolute atomic E-state index is 0.0248. The highest BCUT2D eigenvalue weighted by Crippen LogP contribution is 2.21. The van der Waals surface area contributed by atoms with E-state index in [2.05, 4.69) is 4.72 Å². The molecule has 1 amide bonds. The molecule has 0 saturated heterocycles. The topological polar surface area (TPSA) is 124 Å². The van der Waals surface area contributed by atoms with E-state index in [1.54, 1.807) is 31.2 Å². The Morgan fingerprint density at radius 1 is 1.19 bits per heavy atom. The van der Waals surface area contributed by atoms with Crippen LogP contribution in [0.25, 0.3) is 11.1 Å². The van der Waals surface area contributed by atoms with Crippen LogP contribution in [0.15, 0.2) is 56.6 Å². The summed E-state index contributed by atoms with van der Waals surface area (Å²) in [6, 6.07) is 10.6. The molecule has 3 aromatic rings. The number of carbonyl (C=O) groups excluding carboxylic acids is 1. The van der Waals surface area contributed by atoms with Gasteiger partial charge in [-0.3, -0.25) is 14.1 Å². The monoisotopic (exact) mass is 375 g/mol. The van der Waals surface area contributed by atoms with Gasteiger partial charge in [0, 0.05) is 18.3 Å². The second-order valence-corrected chi connectivity index (χ2v) is 7.37. The molecule has 0 bridgehead atoms. The molecule has 0 aliphatic carbocycles. The number of aryl methyl sites for hydroxylation is 1. The molecule has 9 heteroatoms. The second-order valence-electron chi connectivity index (χ2n) is 5.69. The summed E-state index contributed by atoms with van der Waals surface area (Å²) in [6.45, 7) is 2.22. The molecule has 2 aromatic carbocycles. The lowest BCUT2D eigenvalue weighted by Gasteiger charge is -2.09. The number of carbonyl (C=O) groups is 1. The first-order valence-electron chi connectivity index (χ1n) is 7.83. The zero-order valence-electron chi connectivity index (χ0n) is 13.9. The van der Waals surface area contributed by atoms with Crippen LogP contribution >= 0.6 is 0 Å². The number of sulfonamides is 1. The third-order valence-electron chi connectivity index (χ3n) is 3.85. The van der Waals surface area contributed by atoms with Crippen LogP contribution in [0.5, 0.6) is 0 Å². The van der Waals surface area contributed by atoms with Crippen molar-refractivity contribution < 1.29 is 17.6 Å².